The predicted octanol–water partition coefficient (Wildman–Crippen LogP) is 3.40. The van der Waals surface area contributed by atoms with Crippen molar-refractivity contribution in [1.29, 1.82) is 0 Å². The van der Waals surface area contributed by atoms with E-state index < -0.39 is 0 Å². The number of hydrogen-bond donors (Lipinski definition) is 1. The Labute approximate surface area is 156 Å². The van der Waals surface area contributed by atoms with Gasteiger partial charge in [-0.1, -0.05) is 25.1 Å². The minimum atomic E-state index is -0.243. The highest BCUT2D eigenvalue weighted by Crippen LogP contribution is 2.21. The van der Waals surface area contributed by atoms with E-state index in [0.717, 1.165) is 28.4 Å². The van der Waals surface area contributed by atoms with Crippen molar-refractivity contribution in [2.24, 2.45) is 0 Å². The fourth-order valence-corrected chi connectivity index (χ4v) is 3.41. The van der Waals surface area contributed by atoms with Crippen LogP contribution in [0.2, 0.25) is 0 Å². The summed E-state index contributed by atoms with van der Waals surface area (Å²) < 4.78 is 3.26. The Morgan fingerprint density at radius 1 is 1.00 bits per heavy atom. The number of pyridine rings is 1. The van der Waals surface area contributed by atoms with Crippen molar-refractivity contribution < 1.29 is 4.79 Å². The summed E-state index contributed by atoms with van der Waals surface area (Å²) in [6.45, 7) is 2.62. The highest BCUT2D eigenvalue weighted by atomic mass is 16.2. The van der Waals surface area contributed by atoms with E-state index in [1.54, 1.807) is 10.8 Å². The molecular formula is C21H20N4O2. The van der Waals surface area contributed by atoms with Crippen LogP contribution in [0, 0.1) is 0 Å². The topological polar surface area (TPSA) is 68.9 Å². The predicted molar refractivity (Wildman–Crippen MR) is 107 cm³/mol. The number of amides is 1. The molecule has 2 heterocycles. The lowest BCUT2D eigenvalue weighted by Crippen LogP contribution is -2.29. The summed E-state index contributed by atoms with van der Waals surface area (Å²) in [6.07, 6.45) is 2.57. The lowest BCUT2D eigenvalue weighted by atomic mass is 10.2. The quantitative estimate of drug-likeness (QED) is 0.593. The second kappa shape index (κ2) is 7.07. The summed E-state index contributed by atoms with van der Waals surface area (Å²) in [5.74, 6) is -0.243. The monoisotopic (exact) mass is 360 g/mol. The van der Waals surface area contributed by atoms with E-state index in [1.807, 2.05) is 61.5 Å². The van der Waals surface area contributed by atoms with Gasteiger partial charge in [0.15, 0.2) is 0 Å². The van der Waals surface area contributed by atoms with Gasteiger partial charge < -0.3 is 5.32 Å². The van der Waals surface area contributed by atoms with Crippen molar-refractivity contribution in [3.63, 3.8) is 0 Å². The molecule has 0 saturated heterocycles. The van der Waals surface area contributed by atoms with Crippen molar-refractivity contribution in [2.75, 3.05) is 5.32 Å². The van der Waals surface area contributed by atoms with E-state index in [2.05, 4.69) is 10.3 Å². The maximum Gasteiger partial charge on any atom is 0.329 e. The molecule has 4 rings (SSSR count). The normalized spacial score (nSPS) is 11.1. The molecule has 6 heteroatoms. The van der Waals surface area contributed by atoms with Crippen LogP contribution in [-0.2, 0) is 17.9 Å². The highest BCUT2D eigenvalue weighted by Gasteiger charge is 2.15. The van der Waals surface area contributed by atoms with Gasteiger partial charge in [-0.3, -0.25) is 18.9 Å². The Morgan fingerprint density at radius 3 is 2.56 bits per heavy atom. The Hall–Kier alpha value is -3.41. The molecule has 0 bridgehead atoms. The number of carbonyl (C=O) groups is 1. The first-order chi connectivity index (χ1) is 13.2. The lowest BCUT2D eigenvalue weighted by Gasteiger charge is -2.09. The van der Waals surface area contributed by atoms with Crippen LogP contribution < -0.4 is 11.0 Å². The van der Waals surface area contributed by atoms with Crippen molar-refractivity contribution >= 4 is 33.5 Å². The first-order valence-electron chi connectivity index (χ1n) is 9.00. The van der Waals surface area contributed by atoms with Gasteiger partial charge in [0.1, 0.15) is 6.54 Å². The van der Waals surface area contributed by atoms with E-state index >= 15 is 0 Å². The zero-order valence-corrected chi connectivity index (χ0v) is 15.1. The van der Waals surface area contributed by atoms with Gasteiger partial charge in [-0.15, -0.1) is 0 Å². The number of aromatic nitrogens is 3. The van der Waals surface area contributed by atoms with Gasteiger partial charge in [0, 0.05) is 18.1 Å². The molecule has 0 saturated carbocycles. The molecule has 136 valence electrons. The molecule has 0 aliphatic rings. The number of imidazole rings is 1. The van der Waals surface area contributed by atoms with Gasteiger partial charge in [0.05, 0.1) is 22.2 Å². The summed E-state index contributed by atoms with van der Waals surface area (Å²) in [6, 6.07) is 16.9. The van der Waals surface area contributed by atoms with E-state index in [0.29, 0.717) is 12.2 Å². The standard InChI is InChI=1S/C21H20N4O2/c1-2-13-24-18-10-3-4-11-19(18)25(21(24)27)14-20(26)23-17-9-5-8-16-15(17)7-6-12-22-16/h3-12H,2,13-14H2,1H3,(H,23,26). The number of hydrogen-bond acceptors (Lipinski definition) is 3. The molecule has 1 N–H and O–H groups in total. The van der Waals surface area contributed by atoms with Gasteiger partial charge in [0.25, 0.3) is 0 Å². The first-order valence-corrected chi connectivity index (χ1v) is 9.00. The van der Waals surface area contributed by atoms with Crippen molar-refractivity contribution in [3.05, 3.63) is 71.3 Å². The number of nitrogens with zero attached hydrogens (tertiary/aromatic N) is 3. The second-order valence-corrected chi connectivity index (χ2v) is 6.43. The number of para-hydroxylation sites is 2. The highest BCUT2D eigenvalue weighted by molar-refractivity contribution is 6.01. The molecular weight excluding hydrogens is 340 g/mol. The van der Waals surface area contributed by atoms with Crippen LogP contribution in [0.25, 0.3) is 21.9 Å². The van der Waals surface area contributed by atoms with Crippen LogP contribution in [-0.4, -0.2) is 20.0 Å². The van der Waals surface area contributed by atoms with Crippen molar-refractivity contribution in [3.8, 4) is 0 Å². The molecule has 1 amide bonds. The van der Waals surface area contributed by atoms with Crippen molar-refractivity contribution in [1.82, 2.24) is 14.1 Å². The zero-order chi connectivity index (χ0) is 18.8. The number of nitrogens with one attached hydrogen (secondary N) is 1. The largest absolute Gasteiger partial charge is 0.329 e. The van der Waals surface area contributed by atoms with Crippen molar-refractivity contribution in [2.45, 2.75) is 26.4 Å². The minimum absolute atomic E-state index is 0.0350. The molecule has 0 aliphatic carbocycles. The van der Waals surface area contributed by atoms with Gasteiger partial charge in [-0.25, -0.2) is 4.79 Å². The van der Waals surface area contributed by atoms with E-state index in [4.69, 9.17) is 0 Å². The molecule has 4 aromatic rings. The Kier molecular flexibility index (Phi) is 4.46. The first kappa shape index (κ1) is 17.0. The number of anilines is 1. The fraction of sp³-hybridized carbons (Fsp3) is 0.190. The van der Waals surface area contributed by atoms with E-state index in [1.165, 1.54) is 4.57 Å². The molecule has 0 aliphatic heterocycles. The number of carbonyl (C=O) groups excluding carboxylic acids is 1. The maximum absolute atomic E-state index is 12.8. The molecule has 6 nitrogen and oxygen atoms in total. The van der Waals surface area contributed by atoms with E-state index in [9.17, 15) is 9.59 Å². The van der Waals surface area contributed by atoms with Gasteiger partial charge in [-0.2, -0.15) is 0 Å². The van der Waals surface area contributed by atoms with Gasteiger partial charge in [-0.05, 0) is 42.8 Å². The molecule has 0 unspecified atom stereocenters. The van der Waals surface area contributed by atoms with Gasteiger partial charge >= 0.3 is 5.69 Å². The van der Waals surface area contributed by atoms with Crippen LogP contribution in [0.5, 0.6) is 0 Å². The number of fused-ring (bicyclic) bond motifs is 2. The number of rotatable bonds is 5. The SMILES string of the molecule is CCCn1c(=O)n(CC(=O)Nc2cccc3ncccc23)c2ccccc21. The third kappa shape index (κ3) is 3.10. The Bertz CT molecular complexity index is 1180. The summed E-state index contributed by atoms with van der Waals surface area (Å²) in [4.78, 5) is 29.8. The zero-order valence-electron chi connectivity index (χ0n) is 15.1. The minimum Gasteiger partial charge on any atom is -0.324 e. The second-order valence-electron chi connectivity index (χ2n) is 6.43. The average Bonchev–Trinajstić information content (AvgIpc) is 2.95. The third-order valence-electron chi connectivity index (χ3n) is 4.59. The smallest absolute Gasteiger partial charge is 0.324 e. The molecule has 0 atom stereocenters. The van der Waals surface area contributed by atoms with Gasteiger partial charge in [0.2, 0.25) is 5.91 Å². The van der Waals surface area contributed by atoms with Crippen LogP contribution in [0.4, 0.5) is 5.69 Å². The summed E-state index contributed by atoms with van der Waals surface area (Å²) in [7, 11) is 0. The summed E-state index contributed by atoms with van der Waals surface area (Å²) in [5, 5.41) is 3.79. The fourth-order valence-electron chi connectivity index (χ4n) is 3.41. The summed E-state index contributed by atoms with van der Waals surface area (Å²) in [5.41, 5.74) is 2.97. The van der Waals surface area contributed by atoms with Crippen LogP contribution in [0.1, 0.15) is 13.3 Å². The van der Waals surface area contributed by atoms with E-state index in [-0.39, 0.29) is 18.1 Å². The summed E-state index contributed by atoms with van der Waals surface area (Å²) >= 11 is 0. The molecule has 2 aromatic carbocycles. The number of aryl methyl sites for hydroxylation is 1. The average molecular weight is 360 g/mol. The number of benzene rings is 2. The molecule has 2 aromatic heterocycles. The molecule has 0 spiro atoms. The Morgan fingerprint density at radius 2 is 1.78 bits per heavy atom. The molecule has 27 heavy (non-hydrogen) atoms. The molecule has 0 fully saturated rings. The third-order valence-corrected chi connectivity index (χ3v) is 4.59. The van der Waals surface area contributed by atoms with Crippen LogP contribution >= 0.6 is 0 Å². The van der Waals surface area contributed by atoms with Crippen LogP contribution in [0.15, 0.2) is 65.6 Å². The Balaban J connectivity index is 1.67. The molecule has 0 radical (unpaired) electrons. The lowest BCUT2D eigenvalue weighted by molar-refractivity contribution is -0.116. The van der Waals surface area contributed by atoms with Crippen LogP contribution in [0.3, 0.4) is 0 Å². The maximum atomic E-state index is 12.8.